The predicted octanol–water partition coefficient (Wildman–Crippen LogP) is 0.0415. The van der Waals surface area contributed by atoms with E-state index in [2.05, 4.69) is 14.8 Å². The van der Waals surface area contributed by atoms with Gasteiger partial charge in [0.2, 0.25) is 0 Å². The van der Waals surface area contributed by atoms with Crippen LogP contribution in [0.25, 0.3) is 0 Å². The first-order valence-electron chi connectivity index (χ1n) is 6.34. The van der Waals surface area contributed by atoms with Crippen molar-refractivity contribution in [1.82, 2.24) is 9.88 Å². The fourth-order valence-corrected chi connectivity index (χ4v) is 2.47. The molecule has 0 radical (unpaired) electrons. The summed E-state index contributed by atoms with van der Waals surface area (Å²) in [4.78, 5) is 8.77. The minimum atomic E-state index is -0.258. The number of hydrogen-bond donors (Lipinski definition) is 2. The quantitative estimate of drug-likeness (QED) is 0.790. The number of likely N-dealkylation sites (N-methyl/N-ethyl adjacent to an activating group) is 1. The molecule has 2 unspecified atom stereocenters. The zero-order valence-corrected chi connectivity index (χ0v) is 11.1. The molecule has 2 heterocycles. The lowest BCUT2D eigenvalue weighted by molar-refractivity contribution is 0.191. The molecular weight excluding hydrogens is 228 g/mol. The summed E-state index contributed by atoms with van der Waals surface area (Å²) in [7, 11) is 4.10. The second-order valence-electron chi connectivity index (χ2n) is 5.19. The van der Waals surface area contributed by atoms with Gasteiger partial charge in [0.15, 0.2) is 0 Å². The van der Waals surface area contributed by atoms with Gasteiger partial charge in [-0.15, -0.1) is 0 Å². The molecule has 3 N–H and O–H groups in total. The highest BCUT2D eigenvalue weighted by Gasteiger charge is 2.31. The summed E-state index contributed by atoms with van der Waals surface area (Å²) in [6.07, 6.45) is 2.36. The van der Waals surface area contributed by atoms with Crippen LogP contribution in [0.3, 0.4) is 0 Å². The predicted molar refractivity (Wildman–Crippen MR) is 72.4 cm³/mol. The Hall–Kier alpha value is -1.17. The molecule has 5 nitrogen and oxygen atoms in total. The number of nitrogens with two attached hydrogens (primary N) is 1. The van der Waals surface area contributed by atoms with Crippen LogP contribution >= 0.6 is 0 Å². The van der Waals surface area contributed by atoms with E-state index in [4.69, 9.17) is 5.73 Å². The second-order valence-corrected chi connectivity index (χ2v) is 5.19. The number of pyridine rings is 1. The van der Waals surface area contributed by atoms with Crippen LogP contribution in [-0.4, -0.2) is 54.3 Å². The molecule has 100 valence electrons. The average molecular weight is 250 g/mol. The molecule has 1 aliphatic rings. The van der Waals surface area contributed by atoms with Crippen molar-refractivity contribution in [3.8, 4) is 0 Å². The summed E-state index contributed by atoms with van der Waals surface area (Å²) < 4.78 is 0. The van der Waals surface area contributed by atoms with Crippen LogP contribution in [-0.2, 0) is 6.54 Å². The van der Waals surface area contributed by atoms with Crippen molar-refractivity contribution in [2.24, 2.45) is 5.73 Å². The normalized spacial score (nSPS) is 23.9. The Kier molecular flexibility index (Phi) is 4.16. The average Bonchev–Trinajstić information content (AvgIpc) is 2.69. The van der Waals surface area contributed by atoms with Crippen LogP contribution in [0.2, 0.25) is 0 Å². The van der Waals surface area contributed by atoms with Crippen LogP contribution in [0, 0.1) is 0 Å². The zero-order valence-electron chi connectivity index (χ0n) is 11.1. The molecular formula is C13H22N4O. The standard InChI is InChI=1S/C13H22N4O/c1-16(2)8-11-5-12(18)9-17(11)13-4-3-10(6-14)7-15-13/h3-4,7,11-12,18H,5-6,8-9,14H2,1-2H3. The van der Waals surface area contributed by atoms with E-state index >= 15 is 0 Å². The van der Waals surface area contributed by atoms with Gasteiger partial charge in [0.05, 0.1) is 6.10 Å². The molecule has 1 aliphatic heterocycles. The van der Waals surface area contributed by atoms with Gasteiger partial charge in [-0.25, -0.2) is 4.98 Å². The molecule has 2 rings (SSSR count). The summed E-state index contributed by atoms with van der Waals surface area (Å²) in [5.74, 6) is 0.926. The van der Waals surface area contributed by atoms with Crippen LogP contribution in [0.1, 0.15) is 12.0 Å². The Morgan fingerprint density at radius 1 is 1.50 bits per heavy atom. The Morgan fingerprint density at radius 2 is 2.28 bits per heavy atom. The van der Waals surface area contributed by atoms with Crippen molar-refractivity contribution in [2.75, 3.05) is 32.1 Å². The number of β-amino-alcohol motifs (C(OH)–C–C–N with tert-alkyl or cyclic N) is 1. The van der Waals surface area contributed by atoms with E-state index in [-0.39, 0.29) is 6.10 Å². The molecule has 0 amide bonds. The van der Waals surface area contributed by atoms with Gasteiger partial charge in [-0.05, 0) is 32.1 Å². The first kappa shape index (κ1) is 13.3. The lowest BCUT2D eigenvalue weighted by atomic mass is 10.2. The number of nitrogens with zero attached hydrogens (tertiary/aromatic N) is 3. The fourth-order valence-electron chi connectivity index (χ4n) is 2.47. The van der Waals surface area contributed by atoms with Crippen molar-refractivity contribution >= 4 is 5.82 Å². The van der Waals surface area contributed by atoms with Gasteiger partial charge >= 0.3 is 0 Å². The molecule has 1 fully saturated rings. The number of aromatic nitrogens is 1. The maximum atomic E-state index is 9.84. The van der Waals surface area contributed by atoms with Gasteiger partial charge in [-0.1, -0.05) is 6.07 Å². The molecule has 1 aromatic rings. The van der Waals surface area contributed by atoms with E-state index in [1.807, 2.05) is 32.4 Å². The third-order valence-corrected chi connectivity index (χ3v) is 3.31. The van der Waals surface area contributed by atoms with Gasteiger partial charge in [0.25, 0.3) is 0 Å². The lowest BCUT2D eigenvalue weighted by Gasteiger charge is -2.27. The van der Waals surface area contributed by atoms with Gasteiger partial charge in [-0.2, -0.15) is 0 Å². The summed E-state index contributed by atoms with van der Waals surface area (Å²) in [6.45, 7) is 2.10. The van der Waals surface area contributed by atoms with E-state index in [0.717, 1.165) is 24.3 Å². The Balaban J connectivity index is 2.13. The van der Waals surface area contributed by atoms with E-state index < -0.39 is 0 Å². The zero-order chi connectivity index (χ0) is 13.1. The number of hydrogen-bond acceptors (Lipinski definition) is 5. The monoisotopic (exact) mass is 250 g/mol. The molecule has 0 bridgehead atoms. The van der Waals surface area contributed by atoms with Gasteiger partial charge < -0.3 is 20.6 Å². The van der Waals surface area contributed by atoms with Crippen molar-refractivity contribution < 1.29 is 5.11 Å². The highest BCUT2D eigenvalue weighted by Crippen LogP contribution is 2.24. The van der Waals surface area contributed by atoms with Gasteiger partial charge in [-0.3, -0.25) is 0 Å². The first-order chi connectivity index (χ1) is 8.60. The van der Waals surface area contributed by atoms with E-state index in [1.54, 1.807) is 0 Å². The highest BCUT2D eigenvalue weighted by atomic mass is 16.3. The molecule has 1 saturated heterocycles. The number of rotatable bonds is 4. The Bertz CT molecular complexity index is 379. The first-order valence-corrected chi connectivity index (χ1v) is 6.34. The largest absolute Gasteiger partial charge is 0.391 e. The SMILES string of the molecule is CN(C)CC1CC(O)CN1c1ccc(CN)cn1. The number of aliphatic hydroxyl groups excluding tert-OH is 1. The summed E-state index contributed by atoms with van der Waals surface area (Å²) >= 11 is 0. The maximum absolute atomic E-state index is 9.84. The maximum Gasteiger partial charge on any atom is 0.128 e. The van der Waals surface area contributed by atoms with E-state index in [9.17, 15) is 5.11 Å². The van der Waals surface area contributed by atoms with E-state index in [1.165, 1.54) is 0 Å². The third kappa shape index (κ3) is 2.98. The summed E-state index contributed by atoms with van der Waals surface area (Å²) in [5, 5.41) is 9.84. The van der Waals surface area contributed by atoms with Crippen molar-refractivity contribution in [3.05, 3.63) is 23.9 Å². The minimum absolute atomic E-state index is 0.258. The summed E-state index contributed by atoms with van der Waals surface area (Å²) in [5.41, 5.74) is 6.60. The topological polar surface area (TPSA) is 65.6 Å². The molecule has 0 saturated carbocycles. The second kappa shape index (κ2) is 5.65. The van der Waals surface area contributed by atoms with Crippen molar-refractivity contribution in [1.29, 1.82) is 0 Å². The van der Waals surface area contributed by atoms with Crippen LogP contribution < -0.4 is 10.6 Å². The summed E-state index contributed by atoms with van der Waals surface area (Å²) in [6, 6.07) is 4.31. The van der Waals surface area contributed by atoms with Crippen LogP contribution in [0.15, 0.2) is 18.3 Å². The van der Waals surface area contributed by atoms with Gasteiger partial charge in [0.1, 0.15) is 5.82 Å². The molecule has 5 heteroatoms. The van der Waals surface area contributed by atoms with Crippen molar-refractivity contribution in [3.63, 3.8) is 0 Å². The highest BCUT2D eigenvalue weighted by molar-refractivity contribution is 5.42. The lowest BCUT2D eigenvalue weighted by Crippen LogP contribution is -2.38. The third-order valence-electron chi connectivity index (χ3n) is 3.31. The molecule has 1 aromatic heterocycles. The van der Waals surface area contributed by atoms with Crippen molar-refractivity contribution in [2.45, 2.75) is 25.1 Å². The number of anilines is 1. The number of aliphatic hydroxyl groups is 1. The molecule has 18 heavy (non-hydrogen) atoms. The fraction of sp³-hybridized carbons (Fsp3) is 0.615. The molecule has 0 spiro atoms. The van der Waals surface area contributed by atoms with Crippen LogP contribution in [0.4, 0.5) is 5.82 Å². The molecule has 0 aromatic carbocycles. The molecule has 0 aliphatic carbocycles. The van der Waals surface area contributed by atoms with E-state index in [0.29, 0.717) is 19.1 Å². The Labute approximate surface area is 108 Å². The minimum Gasteiger partial charge on any atom is -0.391 e. The molecule has 2 atom stereocenters. The van der Waals surface area contributed by atoms with Crippen LogP contribution in [0.5, 0.6) is 0 Å². The van der Waals surface area contributed by atoms with Gasteiger partial charge in [0, 0.05) is 31.9 Å². The smallest absolute Gasteiger partial charge is 0.128 e. The Morgan fingerprint density at radius 3 is 2.83 bits per heavy atom.